The van der Waals surface area contributed by atoms with Crippen LogP contribution in [-0.4, -0.2) is 32.5 Å². The lowest BCUT2D eigenvalue weighted by molar-refractivity contribution is -0.130. The van der Waals surface area contributed by atoms with Crippen molar-refractivity contribution >= 4 is 17.9 Å². The number of hydrogen-bond acceptors (Lipinski definition) is 4. The molecule has 2 aromatic carbocycles. The minimum absolute atomic E-state index is 0.0857. The molecule has 0 aromatic heterocycles. The highest BCUT2D eigenvalue weighted by atomic mass is 16.5. The van der Waals surface area contributed by atoms with Gasteiger partial charge in [-0.05, 0) is 42.0 Å². The summed E-state index contributed by atoms with van der Waals surface area (Å²) in [5.41, 5.74) is 1.51. The van der Waals surface area contributed by atoms with Crippen molar-refractivity contribution in [1.82, 2.24) is 0 Å². The molecule has 3 rings (SSSR count). The van der Waals surface area contributed by atoms with Gasteiger partial charge in [0.25, 0.3) is 0 Å². The SMILES string of the molecule is COc1ccc([C@H]2C(=O)N(c3ccc(OC)cc3)[C@H]2C=O)cc1. The van der Waals surface area contributed by atoms with Gasteiger partial charge >= 0.3 is 0 Å². The lowest BCUT2D eigenvalue weighted by atomic mass is 9.81. The summed E-state index contributed by atoms with van der Waals surface area (Å²) < 4.78 is 10.2. The molecule has 2 aromatic rings. The number of rotatable bonds is 5. The largest absolute Gasteiger partial charge is 0.497 e. The Morgan fingerprint density at radius 2 is 1.43 bits per heavy atom. The number of β-lactam (4-membered cyclic amide) rings is 1. The van der Waals surface area contributed by atoms with Crippen LogP contribution in [0.2, 0.25) is 0 Å². The Labute approximate surface area is 134 Å². The Balaban J connectivity index is 1.85. The van der Waals surface area contributed by atoms with E-state index in [0.29, 0.717) is 11.4 Å². The molecule has 0 unspecified atom stereocenters. The Morgan fingerprint density at radius 3 is 1.91 bits per heavy atom. The van der Waals surface area contributed by atoms with Gasteiger partial charge in [-0.25, -0.2) is 0 Å². The lowest BCUT2D eigenvalue weighted by Crippen LogP contribution is -2.60. The van der Waals surface area contributed by atoms with Crippen molar-refractivity contribution in [3.05, 3.63) is 54.1 Å². The fraction of sp³-hybridized carbons (Fsp3) is 0.222. The van der Waals surface area contributed by atoms with Gasteiger partial charge in [-0.3, -0.25) is 4.79 Å². The number of nitrogens with zero attached hydrogens (tertiary/aromatic N) is 1. The van der Waals surface area contributed by atoms with Crippen LogP contribution in [-0.2, 0) is 9.59 Å². The van der Waals surface area contributed by atoms with Crippen LogP contribution >= 0.6 is 0 Å². The zero-order valence-corrected chi connectivity index (χ0v) is 12.9. The number of carbonyl (C=O) groups is 2. The zero-order chi connectivity index (χ0) is 16.4. The van der Waals surface area contributed by atoms with Crippen molar-refractivity contribution < 1.29 is 19.1 Å². The molecule has 0 bridgehead atoms. The molecule has 23 heavy (non-hydrogen) atoms. The van der Waals surface area contributed by atoms with E-state index in [9.17, 15) is 9.59 Å². The number of amides is 1. The summed E-state index contributed by atoms with van der Waals surface area (Å²) in [7, 11) is 3.17. The van der Waals surface area contributed by atoms with Gasteiger partial charge in [-0.15, -0.1) is 0 Å². The van der Waals surface area contributed by atoms with Gasteiger partial charge in [0.1, 0.15) is 23.8 Å². The first-order valence-electron chi connectivity index (χ1n) is 7.26. The highest BCUT2D eigenvalue weighted by molar-refractivity contribution is 6.11. The number of ether oxygens (including phenoxy) is 2. The average molecular weight is 311 g/mol. The van der Waals surface area contributed by atoms with Gasteiger partial charge in [0.05, 0.1) is 20.1 Å². The van der Waals surface area contributed by atoms with E-state index in [1.165, 1.54) is 4.90 Å². The second kappa shape index (κ2) is 6.12. The number of anilines is 1. The summed E-state index contributed by atoms with van der Waals surface area (Å²) in [5.74, 6) is 0.893. The third kappa shape index (κ3) is 2.54. The van der Waals surface area contributed by atoms with Gasteiger partial charge < -0.3 is 19.2 Å². The summed E-state index contributed by atoms with van der Waals surface area (Å²) in [4.78, 5) is 25.6. The molecule has 2 atom stereocenters. The minimum atomic E-state index is -0.496. The van der Waals surface area contributed by atoms with Crippen LogP contribution in [0.1, 0.15) is 11.5 Å². The summed E-state index contributed by atoms with van der Waals surface area (Å²) in [6, 6.07) is 13.8. The topological polar surface area (TPSA) is 55.8 Å². The average Bonchev–Trinajstić information content (AvgIpc) is 2.60. The van der Waals surface area contributed by atoms with E-state index in [4.69, 9.17) is 9.47 Å². The van der Waals surface area contributed by atoms with Crippen LogP contribution in [0.25, 0.3) is 0 Å². The van der Waals surface area contributed by atoms with E-state index >= 15 is 0 Å². The lowest BCUT2D eigenvalue weighted by Gasteiger charge is -2.44. The Morgan fingerprint density at radius 1 is 0.913 bits per heavy atom. The molecule has 1 amide bonds. The molecular formula is C18H17NO4. The van der Waals surface area contributed by atoms with Crippen LogP contribution < -0.4 is 14.4 Å². The van der Waals surface area contributed by atoms with Crippen molar-refractivity contribution in [3.8, 4) is 11.5 Å². The fourth-order valence-electron chi connectivity index (χ4n) is 2.84. The number of hydrogen-bond donors (Lipinski definition) is 0. The van der Waals surface area contributed by atoms with Crippen LogP contribution in [0.4, 0.5) is 5.69 Å². The van der Waals surface area contributed by atoms with Gasteiger partial charge in [0, 0.05) is 5.69 Å². The molecule has 0 N–H and O–H groups in total. The number of benzene rings is 2. The minimum Gasteiger partial charge on any atom is -0.497 e. The van der Waals surface area contributed by atoms with Gasteiger partial charge in [-0.1, -0.05) is 12.1 Å². The van der Waals surface area contributed by atoms with Crippen LogP contribution in [0.3, 0.4) is 0 Å². The summed E-state index contributed by atoms with van der Waals surface area (Å²) in [5, 5.41) is 0. The molecule has 1 aliphatic rings. The Kier molecular flexibility index (Phi) is 4.02. The first kappa shape index (κ1) is 15.1. The van der Waals surface area contributed by atoms with E-state index in [0.717, 1.165) is 17.6 Å². The maximum absolute atomic E-state index is 12.5. The molecule has 0 aliphatic carbocycles. The first-order valence-corrected chi connectivity index (χ1v) is 7.26. The molecule has 5 nitrogen and oxygen atoms in total. The van der Waals surface area contributed by atoms with Crippen molar-refractivity contribution in [2.45, 2.75) is 12.0 Å². The van der Waals surface area contributed by atoms with Crippen molar-refractivity contribution in [1.29, 1.82) is 0 Å². The number of aldehydes is 1. The highest BCUT2D eigenvalue weighted by Gasteiger charge is 2.48. The zero-order valence-electron chi connectivity index (χ0n) is 12.9. The van der Waals surface area contributed by atoms with E-state index < -0.39 is 12.0 Å². The fourth-order valence-corrected chi connectivity index (χ4v) is 2.84. The number of carbonyl (C=O) groups excluding carboxylic acids is 2. The predicted molar refractivity (Wildman–Crippen MR) is 86.1 cm³/mol. The second-order valence-corrected chi connectivity index (χ2v) is 5.28. The van der Waals surface area contributed by atoms with Gasteiger partial charge in [0.15, 0.2) is 0 Å². The molecule has 0 saturated carbocycles. The van der Waals surface area contributed by atoms with Gasteiger partial charge in [0.2, 0.25) is 5.91 Å². The van der Waals surface area contributed by atoms with Crippen molar-refractivity contribution in [2.24, 2.45) is 0 Å². The maximum atomic E-state index is 12.5. The predicted octanol–water partition coefficient (Wildman–Crippen LogP) is 2.40. The molecule has 1 saturated heterocycles. The summed E-state index contributed by atoms with van der Waals surface area (Å²) in [6.07, 6.45) is 0.820. The molecule has 1 fully saturated rings. The normalized spacial score (nSPS) is 19.9. The highest BCUT2D eigenvalue weighted by Crippen LogP contribution is 2.39. The third-order valence-corrected chi connectivity index (χ3v) is 4.11. The first-order chi connectivity index (χ1) is 11.2. The van der Waals surface area contributed by atoms with E-state index in [1.54, 1.807) is 50.6 Å². The van der Waals surface area contributed by atoms with Crippen LogP contribution in [0, 0.1) is 0 Å². The number of methoxy groups -OCH3 is 2. The smallest absolute Gasteiger partial charge is 0.237 e. The third-order valence-electron chi connectivity index (χ3n) is 4.11. The standard InChI is InChI=1S/C18H17NO4/c1-22-14-7-3-12(4-8-14)17-16(11-20)19(18(17)21)13-5-9-15(23-2)10-6-13/h3-11,16-17H,1-2H3/t16-,17+/m0/s1. The van der Waals surface area contributed by atoms with E-state index in [-0.39, 0.29) is 5.91 Å². The van der Waals surface area contributed by atoms with Gasteiger partial charge in [-0.2, -0.15) is 0 Å². The molecule has 0 radical (unpaired) electrons. The van der Waals surface area contributed by atoms with Crippen LogP contribution in [0.5, 0.6) is 11.5 Å². The summed E-state index contributed by atoms with van der Waals surface area (Å²) >= 11 is 0. The molecular weight excluding hydrogens is 294 g/mol. The summed E-state index contributed by atoms with van der Waals surface area (Å²) in [6.45, 7) is 0. The molecule has 118 valence electrons. The molecule has 5 heteroatoms. The molecule has 1 heterocycles. The maximum Gasteiger partial charge on any atom is 0.237 e. The van der Waals surface area contributed by atoms with E-state index in [1.807, 2.05) is 12.1 Å². The van der Waals surface area contributed by atoms with Crippen molar-refractivity contribution in [2.75, 3.05) is 19.1 Å². The quantitative estimate of drug-likeness (QED) is 0.628. The Bertz CT molecular complexity index is 651. The monoisotopic (exact) mass is 311 g/mol. The Hall–Kier alpha value is -2.82. The van der Waals surface area contributed by atoms with Crippen LogP contribution in [0.15, 0.2) is 48.5 Å². The van der Waals surface area contributed by atoms with E-state index in [2.05, 4.69) is 0 Å². The molecule has 1 aliphatic heterocycles. The van der Waals surface area contributed by atoms with Crippen molar-refractivity contribution in [3.63, 3.8) is 0 Å². The second-order valence-electron chi connectivity index (χ2n) is 5.28. The molecule has 0 spiro atoms.